The summed E-state index contributed by atoms with van der Waals surface area (Å²) in [7, 11) is -1.47. The van der Waals surface area contributed by atoms with Crippen molar-refractivity contribution in [3.05, 3.63) is 0 Å². The Hall–Kier alpha value is -0.170. The van der Waals surface area contributed by atoms with E-state index in [9.17, 15) is 8.42 Å². The average Bonchev–Trinajstić information content (AvgIpc) is 2.23. The van der Waals surface area contributed by atoms with Gasteiger partial charge in [0.25, 0.3) is 0 Å². The van der Waals surface area contributed by atoms with E-state index in [-0.39, 0.29) is 23.9 Å². The van der Waals surface area contributed by atoms with Gasteiger partial charge in [0.05, 0.1) is 11.9 Å². The second kappa shape index (κ2) is 5.65. The molecule has 1 aliphatic carbocycles. The minimum atomic E-state index is -3.14. The van der Waals surface area contributed by atoms with Crippen molar-refractivity contribution in [1.82, 2.24) is 10.0 Å². The summed E-state index contributed by atoms with van der Waals surface area (Å²) in [5.74, 6) is 0.209. The normalized spacial score (nSPS) is 34.3. The molecule has 1 heterocycles. The second-order valence-electron chi connectivity index (χ2n) is 5.07. The third-order valence-corrected chi connectivity index (χ3v) is 5.14. The molecule has 0 aromatic carbocycles. The van der Waals surface area contributed by atoms with Crippen molar-refractivity contribution < 1.29 is 13.2 Å². The Morgan fingerprint density at radius 2 is 2.12 bits per heavy atom. The van der Waals surface area contributed by atoms with E-state index >= 15 is 0 Å². The van der Waals surface area contributed by atoms with Gasteiger partial charge >= 0.3 is 0 Å². The SMILES string of the molecule is COC1CC(NS(=O)(=O)CC2CCCCN2)C1. The van der Waals surface area contributed by atoms with Gasteiger partial charge in [-0.2, -0.15) is 0 Å². The first-order chi connectivity index (χ1) is 8.09. The van der Waals surface area contributed by atoms with Crippen LogP contribution in [-0.4, -0.2) is 46.0 Å². The van der Waals surface area contributed by atoms with Crippen molar-refractivity contribution in [2.75, 3.05) is 19.4 Å². The zero-order valence-corrected chi connectivity index (χ0v) is 11.1. The first-order valence-electron chi connectivity index (χ1n) is 6.35. The lowest BCUT2D eigenvalue weighted by Crippen LogP contribution is -2.50. The lowest BCUT2D eigenvalue weighted by atomic mass is 9.90. The van der Waals surface area contributed by atoms with Crippen LogP contribution >= 0.6 is 0 Å². The summed E-state index contributed by atoms with van der Waals surface area (Å²) in [5, 5.41) is 3.26. The molecule has 2 aliphatic rings. The van der Waals surface area contributed by atoms with E-state index in [0.717, 1.165) is 38.6 Å². The number of methoxy groups -OCH3 is 1. The van der Waals surface area contributed by atoms with Crippen LogP contribution in [0.3, 0.4) is 0 Å². The Morgan fingerprint density at radius 1 is 1.35 bits per heavy atom. The number of hydrogen-bond donors (Lipinski definition) is 2. The molecule has 6 heteroatoms. The Morgan fingerprint density at radius 3 is 2.71 bits per heavy atom. The van der Waals surface area contributed by atoms with Crippen LogP contribution in [0.2, 0.25) is 0 Å². The zero-order chi connectivity index (χ0) is 12.3. The molecule has 1 aliphatic heterocycles. The quantitative estimate of drug-likeness (QED) is 0.744. The van der Waals surface area contributed by atoms with Crippen LogP contribution in [0.1, 0.15) is 32.1 Å². The summed E-state index contributed by atoms with van der Waals surface area (Å²) in [4.78, 5) is 0. The van der Waals surface area contributed by atoms with Crippen LogP contribution in [0.5, 0.6) is 0 Å². The van der Waals surface area contributed by atoms with E-state index < -0.39 is 10.0 Å². The van der Waals surface area contributed by atoms with Crippen molar-refractivity contribution in [2.24, 2.45) is 0 Å². The van der Waals surface area contributed by atoms with Crippen LogP contribution in [0, 0.1) is 0 Å². The Kier molecular flexibility index (Phi) is 4.41. The van der Waals surface area contributed by atoms with E-state index in [0.29, 0.717) is 0 Å². The molecule has 0 amide bonds. The second-order valence-corrected chi connectivity index (χ2v) is 6.87. The first-order valence-corrected chi connectivity index (χ1v) is 8.00. The lowest BCUT2D eigenvalue weighted by molar-refractivity contribution is 0.0236. The summed E-state index contributed by atoms with van der Waals surface area (Å²) in [6, 6.07) is 0.202. The van der Waals surface area contributed by atoms with E-state index in [1.807, 2.05) is 0 Å². The van der Waals surface area contributed by atoms with Gasteiger partial charge in [-0.3, -0.25) is 0 Å². The fraction of sp³-hybridized carbons (Fsp3) is 1.00. The maximum Gasteiger partial charge on any atom is 0.213 e. The molecule has 5 nitrogen and oxygen atoms in total. The van der Waals surface area contributed by atoms with E-state index in [1.54, 1.807) is 7.11 Å². The summed E-state index contributed by atoms with van der Waals surface area (Å²) in [6.45, 7) is 0.940. The molecule has 0 radical (unpaired) electrons. The number of rotatable bonds is 5. The summed E-state index contributed by atoms with van der Waals surface area (Å²) < 4.78 is 31.7. The average molecular weight is 262 g/mol. The highest BCUT2D eigenvalue weighted by Crippen LogP contribution is 2.23. The minimum Gasteiger partial charge on any atom is -0.381 e. The molecule has 0 spiro atoms. The van der Waals surface area contributed by atoms with Gasteiger partial charge in [-0.25, -0.2) is 13.1 Å². The number of ether oxygens (including phenoxy) is 1. The highest BCUT2D eigenvalue weighted by Gasteiger charge is 2.33. The standard InChI is InChI=1S/C11H22N2O3S/c1-16-11-6-10(7-11)13-17(14,15)8-9-4-2-3-5-12-9/h9-13H,2-8H2,1H3. The summed E-state index contributed by atoms with van der Waals surface area (Å²) in [6.07, 6.45) is 5.08. The van der Waals surface area contributed by atoms with Crippen molar-refractivity contribution in [3.63, 3.8) is 0 Å². The molecule has 100 valence electrons. The molecule has 1 unspecified atom stereocenters. The summed E-state index contributed by atoms with van der Waals surface area (Å²) in [5.41, 5.74) is 0. The van der Waals surface area contributed by atoms with Crippen molar-refractivity contribution >= 4 is 10.0 Å². The highest BCUT2D eigenvalue weighted by molar-refractivity contribution is 7.89. The van der Waals surface area contributed by atoms with Crippen molar-refractivity contribution in [3.8, 4) is 0 Å². The molecule has 2 fully saturated rings. The largest absolute Gasteiger partial charge is 0.381 e. The van der Waals surface area contributed by atoms with Crippen LogP contribution in [0.15, 0.2) is 0 Å². The van der Waals surface area contributed by atoms with Gasteiger partial charge in [0.15, 0.2) is 0 Å². The Bertz CT molecular complexity index is 333. The predicted molar refractivity (Wildman–Crippen MR) is 66.4 cm³/mol. The molecule has 17 heavy (non-hydrogen) atoms. The van der Waals surface area contributed by atoms with Gasteiger partial charge in [0, 0.05) is 19.2 Å². The molecule has 2 rings (SSSR count). The highest BCUT2D eigenvalue weighted by atomic mass is 32.2. The Labute approximate surface area is 103 Å². The van der Waals surface area contributed by atoms with Gasteiger partial charge < -0.3 is 10.1 Å². The third-order valence-electron chi connectivity index (χ3n) is 3.61. The smallest absolute Gasteiger partial charge is 0.213 e. The molecule has 1 saturated heterocycles. The van der Waals surface area contributed by atoms with Crippen LogP contribution in [0.25, 0.3) is 0 Å². The molecular weight excluding hydrogens is 240 g/mol. The van der Waals surface area contributed by atoms with E-state index in [1.165, 1.54) is 0 Å². The predicted octanol–water partition coefficient (Wildman–Crippen LogP) is 0.225. The first kappa shape index (κ1) is 13.3. The van der Waals surface area contributed by atoms with Crippen molar-refractivity contribution in [2.45, 2.75) is 50.3 Å². The van der Waals surface area contributed by atoms with Crippen LogP contribution < -0.4 is 10.0 Å². The Balaban J connectivity index is 1.74. The van der Waals surface area contributed by atoms with E-state index in [2.05, 4.69) is 10.0 Å². The fourth-order valence-corrected chi connectivity index (χ4v) is 4.10. The molecule has 0 aromatic rings. The van der Waals surface area contributed by atoms with Gasteiger partial charge in [-0.15, -0.1) is 0 Å². The molecule has 1 atom stereocenters. The molecule has 0 aromatic heterocycles. The molecule has 0 bridgehead atoms. The van der Waals surface area contributed by atoms with Gasteiger partial charge in [0.1, 0.15) is 0 Å². The number of piperidine rings is 1. The number of nitrogens with one attached hydrogen (secondary N) is 2. The van der Waals surface area contributed by atoms with Gasteiger partial charge in [0.2, 0.25) is 10.0 Å². The number of hydrogen-bond acceptors (Lipinski definition) is 4. The third kappa shape index (κ3) is 3.91. The van der Waals surface area contributed by atoms with Crippen molar-refractivity contribution in [1.29, 1.82) is 0 Å². The minimum absolute atomic E-state index is 0.0774. The molecular formula is C11H22N2O3S. The maximum atomic E-state index is 11.9. The van der Waals surface area contributed by atoms with Gasteiger partial charge in [-0.05, 0) is 32.2 Å². The van der Waals surface area contributed by atoms with E-state index in [4.69, 9.17) is 4.74 Å². The van der Waals surface area contributed by atoms with Crippen LogP contribution in [0.4, 0.5) is 0 Å². The van der Waals surface area contributed by atoms with Gasteiger partial charge in [-0.1, -0.05) is 6.42 Å². The molecule has 1 saturated carbocycles. The lowest BCUT2D eigenvalue weighted by Gasteiger charge is -2.34. The molecule has 2 N–H and O–H groups in total. The topological polar surface area (TPSA) is 67.4 Å². The monoisotopic (exact) mass is 262 g/mol. The van der Waals surface area contributed by atoms with Crippen LogP contribution in [-0.2, 0) is 14.8 Å². The fourth-order valence-electron chi connectivity index (χ4n) is 2.49. The maximum absolute atomic E-state index is 11.9. The number of sulfonamides is 1. The summed E-state index contributed by atoms with van der Waals surface area (Å²) >= 11 is 0. The zero-order valence-electron chi connectivity index (χ0n) is 10.3.